The molecule has 1 heterocycles. The fourth-order valence-corrected chi connectivity index (χ4v) is 3.61. The van der Waals surface area contributed by atoms with Gasteiger partial charge in [0.25, 0.3) is 0 Å². The Balaban J connectivity index is 1.94. The fourth-order valence-electron chi connectivity index (χ4n) is 2.10. The van der Waals surface area contributed by atoms with Gasteiger partial charge < -0.3 is 0 Å². The highest BCUT2D eigenvalue weighted by molar-refractivity contribution is 7.20. The van der Waals surface area contributed by atoms with Crippen LogP contribution in [0.4, 0.5) is 4.39 Å². The highest BCUT2D eigenvalue weighted by atomic mass is 35.5. The second-order valence-corrected chi connectivity index (χ2v) is 6.49. The first-order valence-electron chi connectivity index (χ1n) is 6.20. The van der Waals surface area contributed by atoms with Crippen LogP contribution in [0.15, 0.2) is 42.5 Å². The molecule has 0 aliphatic heterocycles. The monoisotopic (exact) mass is 338 g/mol. The molecule has 3 rings (SSSR count). The lowest BCUT2D eigenvalue weighted by Gasteiger charge is -2.04. The average molecular weight is 339 g/mol. The van der Waals surface area contributed by atoms with Gasteiger partial charge in [-0.2, -0.15) is 0 Å². The van der Waals surface area contributed by atoms with Crippen molar-refractivity contribution in [3.63, 3.8) is 0 Å². The van der Waals surface area contributed by atoms with Crippen molar-refractivity contribution in [1.82, 2.24) is 0 Å². The van der Waals surface area contributed by atoms with Crippen LogP contribution in [0.25, 0.3) is 10.1 Å². The summed E-state index contributed by atoms with van der Waals surface area (Å²) in [5, 5.41) is 1.68. The van der Waals surface area contributed by atoms with Gasteiger partial charge in [0, 0.05) is 21.2 Å². The normalized spacial score (nSPS) is 11.0. The van der Waals surface area contributed by atoms with Crippen molar-refractivity contribution in [2.45, 2.75) is 6.42 Å². The predicted molar refractivity (Wildman–Crippen MR) is 86.3 cm³/mol. The van der Waals surface area contributed by atoms with E-state index >= 15 is 0 Å². The molecule has 106 valence electrons. The average Bonchev–Trinajstić information content (AvgIpc) is 2.86. The number of halogens is 3. The van der Waals surface area contributed by atoms with Crippen LogP contribution < -0.4 is 0 Å². The number of Topliss-reactive ketones (excluding diaryl/α,β-unsaturated/α-hetero) is 1. The van der Waals surface area contributed by atoms with Crippen molar-refractivity contribution in [2.24, 2.45) is 0 Å². The van der Waals surface area contributed by atoms with E-state index in [1.807, 2.05) is 0 Å². The summed E-state index contributed by atoms with van der Waals surface area (Å²) in [5.74, 6) is -0.389. The van der Waals surface area contributed by atoms with Crippen LogP contribution >= 0.6 is 34.5 Å². The van der Waals surface area contributed by atoms with Crippen LogP contribution in [0.2, 0.25) is 10.0 Å². The van der Waals surface area contributed by atoms with Gasteiger partial charge in [0.15, 0.2) is 5.78 Å². The molecule has 0 aliphatic carbocycles. The smallest absolute Gasteiger partial charge is 0.177 e. The summed E-state index contributed by atoms with van der Waals surface area (Å²) < 4.78 is 14.1. The Bertz CT molecular complexity index is 821. The molecule has 0 spiro atoms. The number of benzene rings is 2. The zero-order valence-corrected chi connectivity index (χ0v) is 13.0. The van der Waals surface area contributed by atoms with E-state index in [0.29, 0.717) is 20.5 Å². The number of carbonyl (C=O) groups is 1. The van der Waals surface area contributed by atoms with E-state index in [9.17, 15) is 9.18 Å². The number of ketones is 1. The summed E-state index contributed by atoms with van der Waals surface area (Å²) in [4.78, 5) is 12.9. The maximum atomic E-state index is 13.2. The lowest BCUT2D eigenvalue weighted by atomic mass is 10.1. The number of fused-ring (bicyclic) bond motifs is 1. The Morgan fingerprint density at radius 3 is 2.52 bits per heavy atom. The van der Waals surface area contributed by atoms with Gasteiger partial charge in [-0.15, -0.1) is 11.3 Å². The van der Waals surface area contributed by atoms with Crippen molar-refractivity contribution < 1.29 is 9.18 Å². The van der Waals surface area contributed by atoms with Crippen molar-refractivity contribution in [3.05, 3.63) is 68.8 Å². The molecule has 0 N–H and O–H groups in total. The molecule has 0 saturated carbocycles. The van der Waals surface area contributed by atoms with Crippen molar-refractivity contribution in [3.8, 4) is 0 Å². The van der Waals surface area contributed by atoms with E-state index in [1.54, 1.807) is 30.3 Å². The van der Waals surface area contributed by atoms with E-state index in [-0.39, 0.29) is 18.0 Å². The molecular formula is C16H9Cl2FOS. The highest BCUT2D eigenvalue weighted by Crippen LogP contribution is 2.30. The third-order valence-electron chi connectivity index (χ3n) is 3.15. The Morgan fingerprint density at radius 1 is 1.10 bits per heavy atom. The van der Waals surface area contributed by atoms with E-state index < -0.39 is 0 Å². The van der Waals surface area contributed by atoms with Crippen molar-refractivity contribution in [2.75, 3.05) is 0 Å². The van der Waals surface area contributed by atoms with Gasteiger partial charge in [0.1, 0.15) is 5.82 Å². The first kappa shape index (κ1) is 14.5. The lowest BCUT2D eigenvalue weighted by Crippen LogP contribution is -2.02. The molecule has 0 saturated heterocycles. The largest absolute Gasteiger partial charge is 0.293 e. The number of carbonyl (C=O) groups excluding carboxylic acids is 1. The molecule has 0 atom stereocenters. The second-order valence-electron chi connectivity index (χ2n) is 4.59. The van der Waals surface area contributed by atoms with Gasteiger partial charge in [-0.25, -0.2) is 4.39 Å². The fraction of sp³-hybridized carbons (Fsp3) is 0.0625. The number of rotatable bonds is 3. The molecule has 0 amide bonds. The second kappa shape index (κ2) is 5.76. The molecule has 2 aromatic carbocycles. The third kappa shape index (κ3) is 2.95. The molecule has 21 heavy (non-hydrogen) atoms. The SMILES string of the molecule is O=C(Cc1c(Cl)cccc1Cl)c1cc2cc(F)ccc2s1. The Kier molecular flexibility index (Phi) is 3.98. The topological polar surface area (TPSA) is 17.1 Å². The molecule has 0 radical (unpaired) electrons. The zero-order valence-electron chi connectivity index (χ0n) is 10.7. The number of hydrogen-bond donors (Lipinski definition) is 0. The first-order valence-corrected chi connectivity index (χ1v) is 7.77. The number of hydrogen-bond acceptors (Lipinski definition) is 2. The summed E-state index contributed by atoms with van der Waals surface area (Å²) in [6.45, 7) is 0. The van der Waals surface area contributed by atoms with E-state index in [4.69, 9.17) is 23.2 Å². The molecule has 0 fully saturated rings. The van der Waals surface area contributed by atoms with Gasteiger partial charge in [-0.05, 0) is 47.3 Å². The minimum absolute atomic E-state index is 0.0772. The maximum Gasteiger partial charge on any atom is 0.177 e. The molecule has 3 aromatic rings. The summed E-state index contributed by atoms with van der Waals surface area (Å²) in [6.07, 6.45) is 0.133. The maximum absolute atomic E-state index is 13.2. The van der Waals surface area contributed by atoms with Crippen LogP contribution in [0.5, 0.6) is 0 Å². The van der Waals surface area contributed by atoms with Crippen LogP contribution in [0.1, 0.15) is 15.2 Å². The molecular weight excluding hydrogens is 330 g/mol. The Morgan fingerprint density at radius 2 is 1.81 bits per heavy atom. The first-order chi connectivity index (χ1) is 10.0. The molecule has 0 unspecified atom stereocenters. The van der Waals surface area contributed by atoms with Gasteiger partial charge in [-0.3, -0.25) is 4.79 Å². The lowest BCUT2D eigenvalue weighted by molar-refractivity contribution is 0.0997. The Labute approximate surface area is 134 Å². The van der Waals surface area contributed by atoms with Crippen molar-refractivity contribution in [1.29, 1.82) is 0 Å². The summed E-state index contributed by atoms with van der Waals surface area (Å²) in [7, 11) is 0. The number of thiophene rings is 1. The van der Waals surface area contributed by atoms with Crippen LogP contribution in [0.3, 0.4) is 0 Å². The van der Waals surface area contributed by atoms with Gasteiger partial charge in [0.2, 0.25) is 0 Å². The molecule has 1 nitrogen and oxygen atoms in total. The van der Waals surface area contributed by atoms with E-state index in [0.717, 1.165) is 10.1 Å². The van der Waals surface area contributed by atoms with Crippen LogP contribution in [0, 0.1) is 5.82 Å². The molecule has 1 aromatic heterocycles. The van der Waals surface area contributed by atoms with E-state index in [1.165, 1.54) is 23.5 Å². The third-order valence-corrected chi connectivity index (χ3v) is 5.02. The zero-order chi connectivity index (χ0) is 15.0. The minimum atomic E-state index is -0.312. The van der Waals surface area contributed by atoms with Crippen LogP contribution in [-0.4, -0.2) is 5.78 Å². The quantitative estimate of drug-likeness (QED) is 0.554. The Hall–Kier alpha value is -1.42. The van der Waals surface area contributed by atoms with E-state index in [2.05, 4.69) is 0 Å². The molecule has 0 aliphatic rings. The highest BCUT2D eigenvalue weighted by Gasteiger charge is 2.15. The molecule has 0 bridgehead atoms. The van der Waals surface area contributed by atoms with Gasteiger partial charge >= 0.3 is 0 Å². The van der Waals surface area contributed by atoms with Crippen molar-refractivity contribution >= 4 is 50.4 Å². The summed E-state index contributed by atoms with van der Waals surface area (Å²) in [5.41, 5.74) is 0.620. The molecule has 5 heteroatoms. The minimum Gasteiger partial charge on any atom is -0.293 e. The predicted octanol–water partition coefficient (Wildman–Crippen LogP) is 5.77. The van der Waals surface area contributed by atoms with Gasteiger partial charge in [-0.1, -0.05) is 29.3 Å². The summed E-state index contributed by atoms with van der Waals surface area (Å²) in [6, 6.07) is 11.3. The standard InChI is InChI=1S/C16H9Cl2FOS/c17-12-2-1-3-13(18)11(12)8-14(20)16-7-9-6-10(19)4-5-15(9)21-16/h1-7H,8H2. The van der Waals surface area contributed by atoms with Gasteiger partial charge in [0.05, 0.1) is 4.88 Å². The van der Waals surface area contributed by atoms with Crippen LogP contribution in [-0.2, 0) is 6.42 Å². The summed E-state index contributed by atoms with van der Waals surface area (Å²) >= 11 is 13.5.